The molecule has 0 aromatic heterocycles. The van der Waals surface area contributed by atoms with Crippen LogP contribution in [0.1, 0.15) is 6.92 Å². The minimum absolute atomic E-state index is 0. The van der Waals surface area contributed by atoms with E-state index >= 15 is 0 Å². The van der Waals surface area contributed by atoms with Crippen LogP contribution in [0.5, 0.6) is 0 Å². The fourth-order valence-corrected chi connectivity index (χ4v) is 0. The Bertz CT molecular complexity index is 32.6. The van der Waals surface area contributed by atoms with Crippen LogP contribution in [0.15, 0.2) is 0 Å². The summed E-state index contributed by atoms with van der Waals surface area (Å²) < 4.78 is 0. The van der Waals surface area contributed by atoms with Crippen LogP contribution >= 0.6 is 12.6 Å². The van der Waals surface area contributed by atoms with E-state index in [1.165, 1.54) is 6.92 Å². The van der Waals surface area contributed by atoms with Crippen LogP contribution < -0.4 is 0 Å². The van der Waals surface area contributed by atoms with E-state index in [9.17, 15) is 4.79 Å². The summed E-state index contributed by atoms with van der Waals surface area (Å²) >= 11 is 3.33. The molecule has 0 saturated heterocycles. The summed E-state index contributed by atoms with van der Waals surface area (Å²) in [6.07, 6.45) is 0. The van der Waals surface area contributed by atoms with Gasteiger partial charge in [-0.15, -0.1) is 12.6 Å². The number of rotatable bonds is 0. The van der Waals surface area contributed by atoms with Gasteiger partial charge < -0.3 is 0 Å². The van der Waals surface area contributed by atoms with Crippen molar-refractivity contribution in [3.05, 3.63) is 0 Å². The Kier molecular flexibility index (Phi) is 9.43. The van der Waals surface area contributed by atoms with Crippen LogP contribution in [0.4, 0.5) is 0 Å². The van der Waals surface area contributed by atoms with Gasteiger partial charge in [0.05, 0.1) is 0 Å². The van der Waals surface area contributed by atoms with Gasteiger partial charge in [0.15, 0.2) is 5.12 Å². The van der Waals surface area contributed by atoms with Crippen molar-refractivity contribution in [3.8, 4) is 0 Å². The van der Waals surface area contributed by atoms with Crippen LogP contribution in [-0.2, 0) is 4.79 Å². The van der Waals surface area contributed by atoms with Gasteiger partial charge in [-0.05, 0) is 0 Å². The molecule has 0 aliphatic carbocycles. The third kappa shape index (κ3) is 44.0. The first-order chi connectivity index (χ1) is 1.73. The van der Waals surface area contributed by atoms with Crippen LogP contribution in [0.2, 0.25) is 0 Å². The number of hydrogen-bond donors (Lipinski definition) is 1. The molecule has 0 aliphatic rings. The summed E-state index contributed by atoms with van der Waals surface area (Å²) in [5.74, 6) is 0. The van der Waals surface area contributed by atoms with Crippen LogP contribution in [-0.4, -0.2) is 34.7 Å². The topological polar surface area (TPSA) is 17.1 Å². The molecule has 1 nitrogen and oxygen atoms in total. The van der Waals surface area contributed by atoms with Gasteiger partial charge in [0.25, 0.3) is 0 Å². The van der Waals surface area contributed by atoms with E-state index in [2.05, 4.69) is 12.6 Å². The molecule has 0 spiro atoms. The first-order valence-electron chi connectivity index (χ1n) is 0.928. The van der Waals surface area contributed by atoms with Gasteiger partial charge in [0, 0.05) is 6.92 Å². The van der Waals surface area contributed by atoms with E-state index in [0.717, 1.165) is 0 Å². The Labute approximate surface area is 58.8 Å². The SMILES string of the molecule is CC(=O)S.[NaH]. The molecule has 26 valence electrons. The molecule has 0 saturated carbocycles. The number of carbonyl (C=O) groups is 1. The molecule has 0 amide bonds. The maximum absolute atomic E-state index is 9.31. The summed E-state index contributed by atoms with van der Waals surface area (Å²) in [4.78, 5) is 9.31. The monoisotopic (exact) mass is 100.0 g/mol. The molecule has 0 heterocycles. The zero-order valence-electron chi connectivity index (χ0n) is 2.36. The summed E-state index contributed by atoms with van der Waals surface area (Å²) in [5, 5.41) is -0.139. The Morgan fingerprint density at radius 1 is 1.80 bits per heavy atom. The Hall–Kier alpha value is 1.02. The van der Waals surface area contributed by atoms with Crippen molar-refractivity contribution in [1.29, 1.82) is 0 Å². The van der Waals surface area contributed by atoms with Gasteiger partial charge in [0.1, 0.15) is 0 Å². The summed E-state index contributed by atoms with van der Waals surface area (Å²) in [6, 6.07) is 0. The van der Waals surface area contributed by atoms with E-state index in [1.54, 1.807) is 0 Å². The van der Waals surface area contributed by atoms with Gasteiger partial charge in [-0.2, -0.15) is 0 Å². The number of hydrogen-bond acceptors (Lipinski definition) is 1. The van der Waals surface area contributed by atoms with Crippen molar-refractivity contribution in [2.45, 2.75) is 6.92 Å². The molecule has 5 heavy (non-hydrogen) atoms. The molecule has 0 atom stereocenters. The predicted molar refractivity (Wildman–Crippen MR) is 26.8 cm³/mol. The normalized spacial score (nSPS) is 5.20. The third-order valence-electron chi connectivity index (χ3n) is 0. The molecular weight excluding hydrogens is 95.1 g/mol. The van der Waals surface area contributed by atoms with Crippen LogP contribution in [0, 0.1) is 0 Å². The molecule has 3 heteroatoms. The standard InChI is InChI=1S/C2H4OS.Na.H/c1-2(3)4;;/h1H3,(H,3,4);;. The van der Waals surface area contributed by atoms with E-state index in [-0.39, 0.29) is 34.7 Å². The van der Waals surface area contributed by atoms with Crippen LogP contribution in [0.3, 0.4) is 0 Å². The molecular formula is C2H5NaOS. The van der Waals surface area contributed by atoms with Gasteiger partial charge in [-0.1, -0.05) is 0 Å². The molecule has 0 rings (SSSR count). The van der Waals surface area contributed by atoms with Crippen molar-refractivity contribution in [2.24, 2.45) is 0 Å². The fraction of sp³-hybridized carbons (Fsp3) is 0.500. The van der Waals surface area contributed by atoms with Crippen molar-refractivity contribution >= 4 is 47.3 Å². The van der Waals surface area contributed by atoms with Crippen molar-refractivity contribution < 1.29 is 4.79 Å². The maximum atomic E-state index is 9.31. The summed E-state index contributed by atoms with van der Waals surface area (Å²) in [6.45, 7) is 1.39. The number of thiol groups is 1. The van der Waals surface area contributed by atoms with E-state index < -0.39 is 0 Å². The van der Waals surface area contributed by atoms with Gasteiger partial charge in [-0.25, -0.2) is 0 Å². The first-order valence-corrected chi connectivity index (χ1v) is 1.37. The fourth-order valence-electron chi connectivity index (χ4n) is 0. The molecule has 0 unspecified atom stereocenters. The molecule has 0 N–H and O–H groups in total. The predicted octanol–water partition coefficient (Wildman–Crippen LogP) is -0.186. The molecule has 0 radical (unpaired) electrons. The molecule has 0 aromatic rings. The second-order valence-corrected chi connectivity index (χ2v) is 1.15. The molecule has 0 aliphatic heterocycles. The molecule has 0 fully saturated rings. The zero-order valence-corrected chi connectivity index (χ0v) is 3.25. The van der Waals surface area contributed by atoms with Crippen molar-refractivity contribution in [1.82, 2.24) is 0 Å². The van der Waals surface area contributed by atoms with E-state index in [1.807, 2.05) is 0 Å². The second-order valence-electron chi connectivity index (χ2n) is 0.519. The molecule has 0 bridgehead atoms. The van der Waals surface area contributed by atoms with Crippen LogP contribution in [0.25, 0.3) is 0 Å². The first kappa shape index (κ1) is 9.39. The average molecular weight is 100 g/mol. The van der Waals surface area contributed by atoms with Gasteiger partial charge in [-0.3, -0.25) is 4.79 Å². The number of carbonyl (C=O) groups excluding carboxylic acids is 1. The van der Waals surface area contributed by atoms with Crippen molar-refractivity contribution in [2.75, 3.05) is 0 Å². The Balaban J connectivity index is 0. The van der Waals surface area contributed by atoms with E-state index in [0.29, 0.717) is 0 Å². The Morgan fingerprint density at radius 2 is 1.80 bits per heavy atom. The average Bonchev–Trinajstić information content (AvgIpc) is 0.811. The summed E-state index contributed by atoms with van der Waals surface area (Å²) in [7, 11) is 0. The molecule has 0 aromatic carbocycles. The van der Waals surface area contributed by atoms with E-state index in [4.69, 9.17) is 0 Å². The van der Waals surface area contributed by atoms with Gasteiger partial charge in [0.2, 0.25) is 0 Å². The quantitative estimate of drug-likeness (QED) is 0.330. The second kappa shape index (κ2) is 5.02. The van der Waals surface area contributed by atoms with Gasteiger partial charge >= 0.3 is 29.6 Å². The van der Waals surface area contributed by atoms with Crippen molar-refractivity contribution in [3.63, 3.8) is 0 Å². The minimum atomic E-state index is -0.139. The zero-order chi connectivity index (χ0) is 3.58. The summed E-state index contributed by atoms with van der Waals surface area (Å²) in [5.41, 5.74) is 0. The third-order valence-corrected chi connectivity index (χ3v) is 0. The Morgan fingerprint density at radius 3 is 1.80 bits per heavy atom.